The van der Waals surface area contributed by atoms with E-state index in [1.807, 2.05) is 32.9 Å². The van der Waals surface area contributed by atoms with Crippen molar-refractivity contribution in [1.82, 2.24) is 9.80 Å². The Kier molecular flexibility index (Phi) is 3.80. The number of rotatable bonds is 0. The molecule has 1 saturated heterocycles. The van der Waals surface area contributed by atoms with Crippen LogP contribution in [0.3, 0.4) is 0 Å². The van der Waals surface area contributed by atoms with Crippen LogP contribution in [-0.2, 0) is 9.53 Å². The van der Waals surface area contributed by atoms with E-state index >= 15 is 0 Å². The summed E-state index contributed by atoms with van der Waals surface area (Å²) in [6.07, 6.45) is 5.73. The highest BCUT2D eigenvalue weighted by Gasteiger charge is 2.51. The summed E-state index contributed by atoms with van der Waals surface area (Å²) >= 11 is 0. The van der Waals surface area contributed by atoms with Crippen molar-refractivity contribution < 1.29 is 14.3 Å². The van der Waals surface area contributed by atoms with Gasteiger partial charge in [-0.2, -0.15) is 0 Å². The molecule has 0 aliphatic carbocycles. The topological polar surface area (TPSA) is 49.9 Å². The van der Waals surface area contributed by atoms with Gasteiger partial charge in [-0.05, 0) is 40.0 Å². The smallest absolute Gasteiger partial charge is 0.411 e. The molecule has 2 amide bonds. The second-order valence-electron chi connectivity index (χ2n) is 6.63. The van der Waals surface area contributed by atoms with Crippen LogP contribution in [0.15, 0.2) is 12.2 Å². The van der Waals surface area contributed by atoms with Gasteiger partial charge in [0.25, 0.3) is 0 Å². The zero-order valence-corrected chi connectivity index (χ0v) is 12.8. The van der Waals surface area contributed by atoms with Crippen molar-refractivity contribution in [2.24, 2.45) is 0 Å². The Balaban J connectivity index is 2.27. The summed E-state index contributed by atoms with van der Waals surface area (Å²) in [7, 11) is 1.78. The number of carbonyl (C=O) groups excluding carboxylic acids is 2. The maximum absolute atomic E-state index is 12.7. The molecular weight excluding hydrogens is 256 g/mol. The molecule has 20 heavy (non-hydrogen) atoms. The predicted octanol–water partition coefficient (Wildman–Crippen LogP) is 2.17. The van der Waals surface area contributed by atoms with Crippen molar-refractivity contribution in [2.75, 3.05) is 20.1 Å². The highest BCUT2D eigenvalue weighted by Crippen LogP contribution is 2.36. The first kappa shape index (κ1) is 14.9. The Morgan fingerprint density at radius 2 is 2.05 bits per heavy atom. The molecule has 2 rings (SSSR count). The summed E-state index contributed by atoms with van der Waals surface area (Å²) in [6.45, 7) is 6.71. The Morgan fingerprint density at radius 3 is 2.70 bits per heavy atom. The number of likely N-dealkylation sites (N-methyl/N-ethyl adjacent to an activating group) is 1. The lowest BCUT2D eigenvalue weighted by atomic mass is 9.91. The van der Waals surface area contributed by atoms with Crippen LogP contribution in [0.2, 0.25) is 0 Å². The summed E-state index contributed by atoms with van der Waals surface area (Å²) in [4.78, 5) is 28.4. The molecule has 2 aliphatic rings. The third kappa shape index (κ3) is 2.67. The van der Waals surface area contributed by atoms with Crippen LogP contribution >= 0.6 is 0 Å². The number of nitrogens with zero attached hydrogens (tertiary/aromatic N) is 2. The summed E-state index contributed by atoms with van der Waals surface area (Å²) in [5.74, 6) is 0.0193. The van der Waals surface area contributed by atoms with Gasteiger partial charge in [-0.25, -0.2) is 4.79 Å². The highest BCUT2D eigenvalue weighted by molar-refractivity contribution is 5.91. The van der Waals surface area contributed by atoms with Crippen molar-refractivity contribution in [2.45, 2.75) is 51.2 Å². The standard InChI is InChI=1S/C15H24N2O3/c1-14(2,3)20-13(19)17-11-7-9-15(17)8-5-6-10-16(4)12(15)18/h5-6H,7-11H2,1-4H3. The van der Waals surface area contributed by atoms with Crippen LogP contribution in [0.4, 0.5) is 4.79 Å². The van der Waals surface area contributed by atoms with Gasteiger partial charge in [0.05, 0.1) is 0 Å². The maximum atomic E-state index is 12.7. The highest BCUT2D eigenvalue weighted by atomic mass is 16.6. The lowest BCUT2D eigenvalue weighted by Crippen LogP contribution is -2.57. The lowest BCUT2D eigenvalue weighted by Gasteiger charge is -2.38. The van der Waals surface area contributed by atoms with E-state index in [2.05, 4.69) is 0 Å². The minimum atomic E-state index is -0.746. The molecule has 2 heterocycles. The molecule has 0 aromatic rings. The van der Waals surface area contributed by atoms with E-state index in [1.165, 1.54) is 0 Å². The van der Waals surface area contributed by atoms with Gasteiger partial charge in [0.1, 0.15) is 11.1 Å². The number of hydrogen-bond acceptors (Lipinski definition) is 3. The second kappa shape index (κ2) is 5.11. The normalized spacial score (nSPS) is 27.1. The van der Waals surface area contributed by atoms with Gasteiger partial charge in [0.15, 0.2) is 0 Å². The molecule has 0 aromatic carbocycles. The summed E-state index contributed by atoms with van der Waals surface area (Å²) in [5.41, 5.74) is -1.29. The van der Waals surface area contributed by atoms with Crippen molar-refractivity contribution in [3.05, 3.63) is 12.2 Å². The molecule has 0 saturated carbocycles. The zero-order valence-electron chi connectivity index (χ0n) is 12.8. The van der Waals surface area contributed by atoms with E-state index in [4.69, 9.17) is 4.74 Å². The third-order valence-electron chi connectivity index (χ3n) is 3.85. The monoisotopic (exact) mass is 280 g/mol. The van der Waals surface area contributed by atoms with Crippen LogP contribution in [0.1, 0.15) is 40.0 Å². The number of hydrogen-bond donors (Lipinski definition) is 0. The molecule has 0 N–H and O–H groups in total. The SMILES string of the molecule is CN1CC=CCC2(CCCN2C(=O)OC(C)(C)C)C1=O. The van der Waals surface area contributed by atoms with E-state index in [1.54, 1.807) is 16.8 Å². The van der Waals surface area contributed by atoms with Gasteiger partial charge < -0.3 is 9.64 Å². The van der Waals surface area contributed by atoms with Gasteiger partial charge in [-0.15, -0.1) is 0 Å². The van der Waals surface area contributed by atoms with E-state index in [-0.39, 0.29) is 12.0 Å². The van der Waals surface area contributed by atoms with Gasteiger partial charge >= 0.3 is 6.09 Å². The second-order valence-corrected chi connectivity index (χ2v) is 6.63. The predicted molar refractivity (Wildman–Crippen MR) is 76.3 cm³/mol. The number of likely N-dealkylation sites (tertiary alicyclic amines) is 1. The Hall–Kier alpha value is -1.52. The molecule has 0 aromatic heterocycles. The number of carbonyl (C=O) groups is 2. The number of amides is 2. The van der Waals surface area contributed by atoms with Gasteiger partial charge in [-0.3, -0.25) is 9.69 Å². The van der Waals surface area contributed by atoms with E-state index in [0.29, 0.717) is 25.9 Å². The van der Waals surface area contributed by atoms with Crippen LogP contribution in [0.25, 0.3) is 0 Å². The Bertz CT molecular complexity index is 439. The first-order chi connectivity index (χ1) is 9.26. The largest absolute Gasteiger partial charge is 0.444 e. The summed E-state index contributed by atoms with van der Waals surface area (Å²) in [5, 5.41) is 0. The fourth-order valence-corrected chi connectivity index (χ4v) is 2.93. The summed E-state index contributed by atoms with van der Waals surface area (Å²) < 4.78 is 5.47. The molecule has 5 nitrogen and oxygen atoms in total. The minimum Gasteiger partial charge on any atom is -0.444 e. The molecule has 0 radical (unpaired) electrons. The van der Waals surface area contributed by atoms with Crippen molar-refractivity contribution in [3.63, 3.8) is 0 Å². The van der Waals surface area contributed by atoms with Gasteiger partial charge in [-0.1, -0.05) is 12.2 Å². The van der Waals surface area contributed by atoms with Crippen molar-refractivity contribution in [3.8, 4) is 0 Å². The van der Waals surface area contributed by atoms with Crippen LogP contribution < -0.4 is 0 Å². The van der Waals surface area contributed by atoms with Crippen LogP contribution in [0, 0.1) is 0 Å². The molecule has 1 atom stereocenters. The van der Waals surface area contributed by atoms with Gasteiger partial charge in [0, 0.05) is 20.1 Å². The van der Waals surface area contributed by atoms with Gasteiger partial charge in [0.2, 0.25) is 5.91 Å². The molecule has 112 valence electrons. The quantitative estimate of drug-likeness (QED) is 0.639. The first-order valence-corrected chi connectivity index (χ1v) is 7.17. The van der Waals surface area contributed by atoms with E-state index in [9.17, 15) is 9.59 Å². The third-order valence-corrected chi connectivity index (χ3v) is 3.85. The van der Waals surface area contributed by atoms with Crippen LogP contribution in [-0.4, -0.2) is 53.1 Å². The fraction of sp³-hybridized carbons (Fsp3) is 0.733. The zero-order chi connectivity index (χ0) is 15.0. The Morgan fingerprint density at radius 1 is 1.35 bits per heavy atom. The lowest BCUT2D eigenvalue weighted by molar-refractivity contribution is -0.140. The maximum Gasteiger partial charge on any atom is 0.411 e. The Labute approximate surface area is 120 Å². The molecule has 2 aliphatic heterocycles. The number of ether oxygens (including phenoxy) is 1. The fourth-order valence-electron chi connectivity index (χ4n) is 2.93. The van der Waals surface area contributed by atoms with Crippen molar-refractivity contribution >= 4 is 12.0 Å². The summed E-state index contributed by atoms with van der Waals surface area (Å²) in [6, 6.07) is 0. The minimum absolute atomic E-state index is 0.0193. The van der Waals surface area contributed by atoms with E-state index < -0.39 is 11.1 Å². The molecular formula is C15H24N2O3. The first-order valence-electron chi connectivity index (χ1n) is 7.17. The molecule has 1 spiro atoms. The molecule has 1 fully saturated rings. The van der Waals surface area contributed by atoms with E-state index in [0.717, 1.165) is 6.42 Å². The molecule has 5 heteroatoms. The molecule has 0 bridgehead atoms. The molecule has 1 unspecified atom stereocenters. The van der Waals surface area contributed by atoms with Crippen molar-refractivity contribution in [1.29, 1.82) is 0 Å². The van der Waals surface area contributed by atoms with Crippen LogP contribution in [0.5, 0.6) is 0 Å². The average Bonchev–Trinajstić information content (AvgIpc) is 2.70. The average molecular weight is 280 g/mol.